The Hall–Kier alpha value is -3.43. The zero-order valence-corrected chi connectivity index (χ0v) is 15.4. The van der Waals surface area contributed by atoms with Crippen molar-refractivity contribution in [3.8, 4) is 0 Å². The summed E-state index contributed by atoms with van der Waals surface area (Å²) in [6.45, 7) is 0.654. The second-order valence-electron chi connectivity index (χ2n) is 7.00. The van der Waals surface area contributed by atoms with E-state index in [1.54, 1.807) is 0 Å². The van der Waals surface area contributed by atoms with Crippen LogP contribution in [0.4, 0.5) is 0 Å². The predicted octanol–water partition coefficient (Wildman–Crippen LogP) is 5.32. The van der Waals surface area contributed by atoms with Gasteiger partial charge in [0.05, 0.1) is 17.6 Å². The van der Waals surface area contributed by atoms with Gasteiger partial charge in [0.1, 0.15) is 11.9 Å². The van der Waals surface area contributed by atoms with Gasteiger partial charge in [-0.3, -0.25) is 0 Å². The lowest BCUT2D eigenvalue weighted by Gasteiger charge is -2.15. The van der Waals surface area contributed by atoms with Crippen LogP contribution in [0.25, 0.3) is 21.8 Å². The Morgan fingerprint density at radius 1 is 0.750 bits per heavy atom. The van der Waals surface area contributed by atoms with Crippen molar-refractivity contribution in [3.63, 3.8) is 0 Å². The number of benzene rings is 4. The van der Waals surface area contributed by atoms with E-state index in [4.69, 9.17) is 4.98 Å². The monoisotopic (exact) mass is 364 g/mol. The summed E-state index contributed by atoms with van der Waals surface area (Å²) in [7, 11) is 0. The van der Waals surface area contributed by atoms with Gasteiger partial charge in [0.25, 0.3) is 0 Å². The number of aliphatic hydroxyl groups is 1. The quantitative estimate of drug-likeness (QED) is 0.469. The number of para-hydroxylation sites is 2. The van der Waals surface area contributed by atoms with Crippen molar-refractivity contribution in [2.45, 2.75) is 12.6 Å². The van der Waals surface area contributed by atoms with Gasteiger partial charge in [-0.2, -0.15) is 0 Å². The van der Waals surface area contributed by atoms with E-state index in [0.29, 0.717) is 12.4 Å². The van der Waals surface area contributed by atoms with Crippen LogP contribution >= 0.6 is 0 Å². The van der Waals surface area contributed by atoms with Crippen LogP contribution in [0, 0.1) is 0 Å². The summed E-state index contributed by atoms with van der Waals surface area (Å²) in [5.41, 5.74) is 3.98. The first kappa shape index (κ1) is 16.7. The van der Waals surface area contributed by atoms with Crippen LogP contribution in [-0.2, 0) is 6.54 Å². The third-order valence-electron chi connectivity index (χ3n) is 5.25. The number of fused-ring (bicyclic) bond motifs is 2. The van der Waals surface area contributed by atoms with Gasteiger partial charge < -0.3 is 9.67 Å². The highest BCUT2D eigenvalue weighted by Gasteiger charge is 2.20. The molecule has 3 heteroatoms. The standard InChI is InChI=1S/C25H20N2O/c28-24(19-10-2-1-3-11-19)25-26-22-15-6-7-16-23(22)27(25)17-20-13-8-12-18-9-4-5-14-21(18)20/h1-16,24,28H,17H2/t24-/m0/s1. The number of rotatable bonds is 4. The molecule has 1 heterocycles. The second-order valence-corrected chi connectivity index (χ2v) is 7.00. The molecule has 1 aromatic heterocycles. The maximum absolute atomic E-state index is 11.1. The minimum absolute atomic E-state index is 0.654. The van der Waals surface area contributed by atoms with Crippen molar-refractivity contribution < 1.29 is 5.11 Å². The lowest BCUT2D eigenvalue weighted by atomic mass is 10.0. The van der Waals surface area contributed by atoms with Gasteiger partial charge in [-0.15, -0.1) is 0 Å². The molecule has 0 bridgehead atoms. The number of hydrogen-bond donors (Lipinski definition) is 1. The van der Waals surface area contributed by atoms with Crippen LogP contribution in [0.3, 0.4) is 0 Å². The van der Waals surface area contributed by atoms with E-state index in [-0.39, 0.29) is 0 Å². The van der Waals surface area contributed by atoms with Crippen molar-refractivity contribution in [1.82, 2.24) is 9.55 Å². The molecule has 0 spiro atoms. The molecule has 28 heavy (non-hydrogen) atoms. The molecule has 5 rings (SSSR count). The molecule has 1 atom stereocenters. The molecular formula is C25H20N2O. The van der Waals surface area contributed by atoms with Crippen LogP contribution in [0.5, 0.6) is 0 Å². The second kappa shape index (κ2) is 6.95. The first-order chi connectivity index (χ1) is 13.8. The van der Waals surface area contributed by atoms with Crippen molar-refractivity contribution >= 4 is 21.8 Å². The Morgan fingerprint density at radius 3 is 2.36 bits per heavy atom. The average molecular weight is 364 g/mol. The predicted molar refractivity (Wildman–Crippen MR) is 113 cm³/mol. The largest absolute Gasteiger partial charge is 0.380 e. The van der Waals surface area contributed by atoms with Crippen LogP contribution in [-0.4, -0.2) is 14.7 Å². The minimum atomic E-state index is -0.774. The summed E-state index contributed by atoms with van der Waals surface area (Å²) >= 11 is 0. The minimum Gasteiger partial charge on any atom is -0.380 e. The van der Waals surface area contributed by atoms with Crippen LogP contribution in [0.15, 0.2) is 97.1 Å². The maximum Gasteiger partial charge on any atom is 0.143 e. The molecule has 136 valence electrons. The van der Waals surface area contributed by atoms with Crippen molar-refractivity contribution in [2.24, 2.45) is 0 Å². The summed E-state index contributed by atoms with van der Waals surface area (Å²) < 4.78 is 2.13. The van der Waals surface area contributed by atoms with Gasteiger partial charge >= 0.3 is 0 Å². The lowest BCUT2D eigenvalue weighted by Crippen LogP contribution is -2.11. The van der Waals surface area contributed by atoms with Gasteiger partial charge in [0, 0.05) is 0 Å². The Balaban J connectivity index is 1.68. The molecule has 4 aromatic carbocycles. The van der Waals surface area contributed by atoms with Gasteiger partial charge in [-0.05, 0) is 34.0 Å². The first-order valence-corrected chi connectivity index (χ1v) is 9.46. The lowest BCUT2D eigenvalue weighted by molar-refractivity contribution is 0.206. The molecule has 0 saturated carbocycles. The van der Waals surface area contributed by atoms with E-state index < -0.39 is 6.10 Å². The zero-order valence-electron chi connectivity index (χ0n) is 15.4. The number of hydrogen-bond acceptors (Lipinski definition) is 2. The number of aromatic nitrogens is 2. The van der Waals surface area contributed by atoms with E-state index >= 15 is 0 Å². The van der Waals surface area contributed by atoms with Crippen molar-refractivity contribution in [2.75, 3.05) is 0 Å². The Morgan fingerprint density at radius 2 is 1.46 bits per heavy atom. The molecule has 0 unspecified atom stereocenters. The SMILES string of the molecule is O[C@@H](c1ccccc1)c1nc2ccccc2n1Cc1cccc2ccccc12. The smallest absolute Gasteiger partial charge is 0.143 e. The van der Waals surface area contributed by atoms with Gasteiger partial charge in [-0.1, -0.05) is 84.9 Å². The summed E-state index contributed by atoms with van der Waals surface area (Å²) in [6, 6.07) is 32.5. The first-order valence-electron chi connectivity index (χ1n) is 9.46. The molecule has 5 aromatic rings. The van der Waals surface area contributed by atoms with Crippen LogP contribution in [0.1, 0.15) is 23.1 Å². The van der Waals surface area contributed by atoms with E-state index in [0.717, 1.165) is 16.6 Å². The third-order valence-corrected chi connectivity index (χ3v) is 5.25. The Bertz CT molecular complexity index is 1250. The fourth-order valence-corrected chi connectivity index (χ4v) is 3.85. The fourth-order valence-electron chi connectivity index (χ4n) is 3.85. The van der Waals surface area contributed by atoms with Crippen molar-refractivity contribution in [1.29, 1.82) is 0 Å². The Labute approximate surface area is 163 Å². The molecule has 0 radical (unpaired) electrons. The number of nitrogens with zero attached hydrogens (tertiary/aromatic N) is 2. The van der Waals surface area contributed by atoms with E-state index in [9.17, 15) is 5.11 Å². The molecule has 0 aliphatic heterocycles. The van der Waals surface area contributed by atoms with Crippen molar-refractivity contribution in [3.05, 3.63) is 114 Å². The summed E-state index contributed by atoms with van der Waals surface area (Å²) in [5, 5.41) is 13.5. The fraction of sp³-hybridized carbons (Fsp3) is 0.0800. The van der Waals surface area contributed by atoms with Gasteiger partial charge in [0.2, 0.25) is 0 Å². The highest BCUT2D eigenvalue weighted by molar-refractivity contribution is 5.86. The molecule has 0 saturated heterocycles. The number of aliphatic hydroxyl groups excluding tert-OH is 1. The highest BCUT2D eigenvalue weighted by Crippen LogP contribution is 2.28. The van der Waals surface area contributed by atoms with Gasteiger partial charge in [-0.25, -0.2) is 4.98 Å². The molecule has 0 amide bonds. The molecule has 3 nitrogen and oxygen atoms in total. The summed E-state index contributed by atoms with van der Waals surface area (Å²) in [5.74, 6) is 0.667. The maximum atomic E-state index is 11.1. The zero-order chi connectivity index (χ0) is 18.9. The topological polar surface area (TPSA) is 38.1 Å². The molecule has 0 aliphatic carbocycles. The molecule has 1 N–H and O–H groups in total. The van der Waals surface area contributed by atoms with Crippen LogP contribution in [0.2, 0.25) is 0 Å². The highest BCUT2D eigenvalue weighted by atomic mass is 16.3. The van der Waals surface area contributed by atoms with Gasteiger partial charge in [0.15, 0.2) is 0 Å². The molecule has 0 fully saturated rings. The average Bonchev–Trinajstić information content (AvgIpc) is 3.12. The normalized spacial score (nSPS) is 12.5. The Kier molecular flexibility index (Phi) is 4.15. The third kappa shape index (κ3) is 2.86. The summed E-state index contributed by atoms with van der Waals surface area (Å²) in [4.78, 5) is 4.78. The van der Waals surface area contributed by atoms with E-state index in [1.807, 2.05) is 48.5 Å². The molecular weight excluding hydrogens is 344 g/mol. The van der Waals surface area contributed by atoms with E-state index in [1.165, 1.54) is 16.3 Å². The molecule has 0 aliphatic rings. The van der Waals surface area contributed by atoms with Crippen LogP contribution < -0.4 is 0 Å². The number of imidazole rings is 1. The summed E-state index contributed by atoms with van der Waals surface area (Å²) in [6.07, 6.45) is -0.774. The van der Waals surface area contributed by atoms with E-state index in [2.05, 4.69) is 53.1 Å².